The fourth-order valence-corrected chi connectivity index (χ4v) is 3.75. The number of anilines is 1. The van der Waals surface area contributed by atoms with Gasteiger partial charge < -0.3 is 10.4 Å². The molecule has 0 saturated heterocycles. The lowest BCUT2D eigenvalue weighted by atomic mass is 9.74. The van der Waals surface area contributed by atoms with Crippen LogP contribution in [0.5, 0.6) is 0 Å². The van der Waals surface area contributed by atoms with Gasteiger partial charge in [0.2, 0.25) is 0 Å². The molecule has 0 aliphatic heterocycles. The third kappa shape index (κ3) is 3.44. The van der Waals surface area contributed by atoms with Crippen LogP contribution in [0, 0.1) is 5.41 Å². The number of thiazole rings is 1. The van der Waals surface area contributed by atoms with Crippen molar-refractivity contribution in [1.82, 2.24) is 4.98 Å². The highest BCUT2D eigenvalue weighted by Crippen LogP contribution is 2.36. The number of nitrogens with zero attached hydrogens (tertiary/aromatic N) is 1. The van der Waals surface area contributed by atoms with Crippen LogP contribution in [-0.4, -0.2) is 23.2 Å². The van der Waals surface area contributed by atoms with Gasteiger partial charge >= 0.3 is 0 Å². The second kappa shape index (κ2) is 6.58. The van der Waals surface area contributed by atoms with Crippen molar-refractivity contribution >= 4 is 17.0 Å². The summed E-state index contributed by atoms with van der Waals surface area (Å²) in [5.41, 5.74) is 2.33. The van der Waals surface area contributed by atoms with Crippen molar-refractivity contribution in [1.29, 1.82) is 0 Å². The number of benzene rings is 1. The molecule has 3 rings (SSSR count). The highest BCUT2D eigenvalue weighted by Gasteiger charge is 2.31. The summed E-state index contributed by atoms with van der Waals surface area (Å²) in [6.45, 7) is 1.14. The summed E-state index contributed by atoms with van der Waals surface area (Å²) >= 11 is 1.66. The Morgan fingerprint density at radius 3 is 2.81 bits per heavy atom. The Morgan fingerprint density at radius 2 is 2.10 bits per heavy atom. The molecule has 1 saturated carbocycles. The third-order valence-electron chi connectivity index (χ3n) is 4.46. The topological polar surface area (TPSA) is 45.1 Å². The third-order valence-corrected chi connectivity index (χ3v) is 5.28. The molecule has 1 heterocycles. The molecule has 1 aromatic carbocycles. The van der Waals surface area contributed by atoms with E-state index in [0.717, 1.165) is 35.6 Å². The first-order valence-electron chi connectivity index (χ1n) is 7.66. The highest BCUT2D eigenvalue weighted by molar-refractivity contribution is 7.13. The number of aliphatic hydroxyl groups is 1. The van der Waals surface area contributed by atoms with Crippen molar-refractivity contribution in [3.8, 4) is 10.6 Å². The molecule has 0 spiro atoms. The minimum absolute atomic E-state index is 0.0649. The van der Waals surface area contributed by atoms with E-state index >= 15 is 0 Å². The second-order valence-corrected chi connectivity index (χ2v) is 6.88. The lowest BCUT2D eigenvalue weighted by Gasteiger charge is -2.36. The van der Waals surface area contributed by atoms with Gasteiger partial charge in [-0.2, -0.15) is 0 Å². The lowest BCUT2D eigenvalue weighted by Crippen LogP contribution is -2.35. The fraction of sp³-hybridized carbons (Fsp3) is 0.471. The Hall–Kier alpha value is -1.39. The number of aliphatic hydroxyl groups excluding tert-OH is 1. The molecule has 0 unspecified atom stereocenters. The molecular formula is C17H22N2OS. The molecular weight excluding hydrogens is 280 g/mol. The van der Waals surface area contributed by atoms with Gasteiger partial charge in [0.05, 0.1) is 6.61 Å². The van der Waals surface area contributed by atoms with Crippen LogP contribution in [0.25, 0.3) is 10.6 Å². The molecule has 112 valence electrons. The van der Waals surface area contributed by atoms with E-state index in [4.69, 9.17) is 0 Å². The number of rotatable bonds is 5. The first kappa shape index (κ1) is 14.5. The molecule has 1 fully saturated rings. The van der Waals surface area contributed by atoms with Crippen LogP contribution in [0.15, 0.2) is 35.8 Å². The summed E-state index contributed by atoms with van der Waals surface area (Å²) in [5.74, 6) is 0. The van der Waals surface area contributed by atoms with Crippen molar-refractivity contribution < 1.29 is 5.11 Å². The maximum absolute atomic E-state index is 9.78. The first-order chi connectivity index (χ1) is 10.3. The summed E-state index contributed by atoms with van der Waals surface area (Å²) in [4.78, 5) is 4.36. The molecule has 4 heteroatoms. The van der Waals surface area contributed by atoms with Gasteiger partial charge in [0, 0.05) is 34.8 Å². The van der Waals surface area contributed by atoms with E-state index in [1.807, 2.05) is 11.6 Å². The van der Waals surface area contributed by atoms with Gasteiger partial charge in [0.15, 0.2) is 0 Å². The molecule has 0 radical (unpaired) electrons. The minimum Gasteiger partial charge on any atom is -0.396 e. The molecule has 2 aromatic rings. The van der Waals surface area contributed by atoms with Gasteiger partial charge in [-0.25, -0.2) is 4.98 Å². The van der Waals surface area contributed by atoms with E-state index in [1.54, 1.807) is 11.3 Å². The van der Waals surface area contributed by atoms with Gasteiger partial charge in [-0.3, -0.25) is 0 Å². The Labute approximate surface area is 130 Å². The predicted molar refractivity (Wildman–Crippen MR) is 88.6 cm³/mol. The van der Waals surface area contributed by atoms with E-state index in [1.165, 1.54) is 19.3 Å². The van der Waals surface area contributed by atoms with Crippen LogP contribution < -0.4 is 5.32 Å². The fourth-order valence-electron chi connectivity index (χ4n) is 3.11. The Kier molecular flexibility index (Phi) is 4.56. The highest BCUT2D eigenvalue weighted by atomic mass is 32.1. The molecule has 0 bridgehead atoms. The summed E-state index contributed by atoms with van der Waals surface area (Å²) in [6, 6.07) is 8.38. The predicted octanol–water partition coefficient (Wildman–Crippen LogP) is 4.16. The molecule has 0 atom stereocenters. The van der Waals surface area contributed by atoms with Crippen LogP contribution in [-0.2, 0) is 0 Å². The van der Waals surface area contributed by atoms with Crippen molar-refractivity contribution in [3.63, 3.8) is 0 Å². The van der Waals surface area contributed by atoms with Crippen molar-refractivity contribution in [3.05, 3.63) is 35.8 Å². The zero-order valence-corrected chi connectivity index (χ0v) is 13.0. The van der Waals surface area contributed by atoms with Crippen LogP contribution >= 0.6 is 11.3 Å². The van der Waals surface area contributed by atoms with Crippen LogP contribution in [0.2, 0.25) is 0 Å². The number of hydrogen-bond acceptors (Lipinski definition) is 4. The van der Waals surface area contributed by atoms with Gasteiger partial charge in [-0.05, 0) is 25.0 Å². The number of aromatic nitrogens is 1. The zero-order chi connectivity index (χ0) is 14.5. The second-order valence-electron chi connectivity index (χ2n) is 5.99. The Balaban J connectivity index is 1.69. The first-order valence-corrected chi connectivity index (χ1v) is 8.54. The minimum atomic E-state index is 0.0649. The molecule has 1 aliphatic carbocycles. The molecule has 1 aromatic heterocycles. The molecule has 2 N–H and O–H groups in total. The average molecular weight is 302 g/mol. The van der Waals surface area contributed by atoms with Crippen molar-refractivity contribution in [2.75, 3.05) is 18.5 Å². The molecule has 21 heavy (non-hydrogen) atoms. The Bertz CT molecular complexity index is 562. The van der Waals surface area contributed by atoms with Crippen LogP contribution in [0.1, 0.15) is 32.1 Å². The summed E-state index contributed by atoms with van der Waals surface area (Å²) in [5, 5.41) is 16.3. The van der Waals surface area contributed by atoms with Crippen molar-refractivity contribution in [2.45, 2.75) is 32.1 Å². The zero-order valence-electron chi connectivity index (χ0n) is 12.2. The number of nitrogens with one attached hydrogen (secondary N) is 1. The molecule has 1 aliphatic rings. The van der Waals surface area contributed by atoms with Gasteiger partial charge in [0.25, 0.3) is 0 Å². The normalized spacial score (nSPS) is 17.6. The number of hydrogen-bond donors (Lipinski definition) is 2. The average Bonchev–Trinajstić information content (AvgIpc) is 3.09. The maximum atomic E-state index is 9.78. The summed E-state index contributed by atoms with van der Waals surface area (Å²) in [7, 11) is 0. The smallest absolute Gasteiger partial charge is 0.123 e. The van der Waals surface area contributed by atoms with E-state index < -0.39 is 0 Å². The van der Waals surface area contributed by atoms with Gasteiger partial charge in [0.1, 0.15) is 5.01 Å². The van der Waals surface area contributed by atoms with Gasteiger partial charge in [-0.15, -0.1) is 11.3 Å². The Morgan fingerprint density at radius 1 is 1.24 bits per heavy atom. The summed E-state index contributed by atoms with van der Waals surface area (Å²) in [6.07, 6.45) is 7.87. The molecule has 0 amide bonds. The SMILES string of the molecule is OCC1(CNc2cccc(-c3nccs3)c2)CCCCC1. The van der Waals surface area contributed by atoms with E-state index in [2.05, 4.69) is 34.6 Å². The van der Waals surface area contributed by atoms with Crippen LogP contribution in [0.3, 0.4) is 0 Å². The monoisotopic (exact) mass is 302 g/mol. The van der Waals surface area contributed by atoms with Crippen LogP contribution in [0.4, 0.5) is 5.69 Å². The lowest BCUT2D eigenvalue weighted by molar-refractivity contribution is 0.0944. The van der Waals surface area contributed by atoms with E-state index in [9.17, 15) is 5.11 Å². The largest absolute Gasteiger partial charge is 0.396 e. The standard InChI is InChI=1S/C17H22N2OS/c20-13-17(7-2-1-3-8-17)12-19-15-6-4-5-14(11-15)16-18-9-10-21-16/h4-6,9-11,19-20H,1-3,7-8,12-13H2. The maximum Gasteiger partial charge on any atom is 0.123 e. The van der Waals surface area contributed by atoms with E-state index in [0.29, 0.717) is 0 Å². The van der Waals surface area contributed by atoms with Crippen molar-refractivity contribution in [2.24, 2.45) is 5.41 Å². The van der Waals surface area contributed by atoms with E-state index in [-0.39, 0.29) is 12.0 Å². The van der Waals surface area contributed by atoms with Gasteiger partial charge in [-0.1, -0.05) is 31.4 Å². The molecule has 3 nitrogen and oxygen atoms in total. The quantitative estimate of drug-likeness (QED) is 0.871. The summed E-state index contributed by atoms with van der Waals surface area (Å²) < 4.78 is 0.